The number of non-ortho nitro benzene ring substituents is 1. The van der Waals surface area contributed by atoms with Crippen LogP contribution < -0.4 is 4.90 Å². The number of benzene rings is 3. The highest BCUT2D eigenvalue weighted by molar-refractivity contribution is 6.22. The molecule has 10 nitrogen and oxygen atoms in total. The summed E-state index contributed by atoms with van der Waals surface area (Å²) in [4.78, 5) is 68.6. The molecule has 0 N–H and O–H groups in total. The molecule has 2 aliphatic carbocycles. The van der Waals surface area contributed by atoms with Gasteiger partial charge in [-0.15, -0.1) is 0 Å². The van der Waals surface area contributed by atoms with E-state index in [2.05, 4.69) is 0 Å². The van der Waals surface area contributed by atoms with Crippen LogP contribution in [0.2, 0.25) is 0 Å². The molecule has 214 valence electrons. The highest BCUT2D eigenvalue weighted by atomic mass is 16.6. The van der Waals surface area contributed by atoms with Crippen molar-refractivity contribution in [2.24, 2.45) is 23.7 Å². The van der Waals surface area contributed by atoms with Crippen molar-refractivity contribution in [1.29, 1.82) is 0 Å². The van der Waals surface area contributed by atoms with Gasteiger partial charge in [0, 0.05) is 28.6 Å². The first-order valence-corrected chi connectivity index (χ1v) is 14.1. The van der Waals surface area contributed by atoms with Gasteiger partial charge in [-0.1, -0.05) is 30.3 Å². The number of anilines is 1. The Hall–Kier alpha value is -5.25. The molecule has 7 rings (SSSR count). The predicted molar refractivity (Wildman–Crippen MR) is 155 cm³/mol. The normalized spacial score (nSPS) is 22.2. The number of hydrogen-bond donors (Lipinski definition) is 0. The molecule has 2 heterocycles. The molecule has 0 radical (unpaired) electrons. The third-order valence-corrected chi connectivity index (χ3v) is 9.02. The van der Waals surface area contributed by atoms with Gasteiger partial charge in [0.15, 0.2) is 12.4 Å². The summed E-state index contributed by atoms with van der Waals surface area (Å²) >= 11 is 0. The van der Waals surface area contributed by atoms with Crippen LogP contribution in [0.3, 0.4) is 0 Å². The maximum Gasteiger partial charge on any atom is 0.339 e. The topological polar surface area (TPSA) is 137 Å². The molecule has 10 heteroatoms. The van der Waals surface area contributed by atoms with Crippen molar-refractivity contribution in [2.45, 2.75) is 19.3 Å². The highest BCUT2D eigenvalue weighted by Gasteiger charge is 2.61. The van der Waals surface area contributed by atoms with Crippen LogP contribution in [0.1, 0.15) is 40.0 Å². The van der Waals surface area contributed by atoms with Gasteiger partial charge in [-0.2, -0.15) is 0 Å². The summed E-state index contributed by atoms with van der Waals surface area (Å²) < 4.78 is 5.36. The Morgan fingerprint density at radius 2 is 1.56 bits per heavy atom. The van der Waals surface area contributed by atoms with Crippen LogP contribution in [-0.2, 0) is 14.3 Å². The van der Waals surface area contributed by atoms with E-state index in [0.29, 0.717) is 39.7 Å². The van der Waals surface area contributed by atoms with Crippen molar-refractivity contribution < 1.29 is 28.8 Å². The second-order valence-corrected chi connectivity index (χ2v) is 11.3. The van der Waals surface area contributed by atoms with Crippen molar-refractivity contribution >= 4 is 45.8 Å². The zero-order valence-corrected chi connectivity index (χ0v) is 22.8. The van der Waals surface area contributed by atoms with E-state index in [9.17, 15) is 29.3 Å². The second kappa shape index (κ2) is 10.2. The zero-order chi connectivity index (χ0) is 29.8. The average molecular weight is 576 g/mol. The molecule has 1 aliphatic heterocycles. The Balaban J connectivity index is 1.12. The monoisotopic (exact) mass is 575 g/mol. The first-order valence-electron chi connectivity index (χ1n) is 14.1. The minimum atomic E-state index is -0.721. The van der Waals surface area contributed by atoms with Gasteiger partial charge >= 0.3 is 5.97 Å². The Kier molecular flexibility index (Phi) is 6.34. The van der Waals surface area contributed by atoms with Crippen molar-refractivity contribution in [3.63, 3.8) is 0 Å². The molecule has 0 unspecified atom stereocenters. The molecular weight excluding hydrogens is 550 g/mol. The maximum absolute atomic E-state index is 13.2. The van der Waals surface area contributed by atoms with Gasteiger partial charge < -0.3 is 4.74 Å². The molecule has 2 saturated carbocycles. The molecule has 0 spiro atoms. The van der Waals surface area contributed by atoms with E-state index < -0.39 is 23.3 Å². The summed E-state index contributed by atoms with van der Waals surface area (Å²) in [6.45, 7) is -0.543. The number of imide groups is 1. The van der Waals surface area contributed by atoms with Crippen LogP contribution in [0.5, 0.6) is 0 Å². The smallest absolute Gasteiger partial charge is 0.339 e. The minimum Gasteiger partial charge on any atom is -0.454 e. The Morgan fingerprint density at radius 3 is 2.21 bits per heavy atom. The molecule has 4 atom stereocenters. The van der Waals surface area contributed by atoms with Crippen LogP contribution in [0.4, 0.5) is 11.4 Å². The minimum absolute atomic E-state index is 0.105. The Bertz CT molecular complexity index is 1810. The lowest BCUT2D eigenvalue weighted by Gasteiger charge is -2.19. The number of Topliss-reactive ketones (excluding diaryl/α,β-unsaturated/α-hetero) is 1. The fourth-order valence-electron chi connectivity index (χ4n) is 7.00. The largest absolute Gasteiger partial charge is 0.454 e. The Morgan fingerprint density at radius 1 is 0.907 bits per heavy atom. The lowest BCUT2D eigenvalue weighted by molar-refractivity contribution is -0.384. The fourth-order valence-corrected chi connectivity index (χ4v) is 7.00. The number of esters is 1. The van der Waals surface area contributed by atoms with Gasteiger partial charge in [0.1, 0.15) is 0 Å². The fraction of sp³-hybridized carbons (Fsp3) is 0.242. The summed E-state index contributed by atoms with van der Waals surface area (Å²) in [5.74, 6) is -1.22. The number of pyridine rings is 1. The summed E-state index contributed by atoms with van der Waals surface area (Å²) in [5, 5.41) is 11.4. The van der Waals surface area contributed by atoms with Crippen molar-refractivity contribution in [3.05, 3.63) is 100 Å². The van der Waals surface area contributed by atoms with E-state index >= 15 is 0 Å². The number of nitro groups is 1. The zero-order valence-electron chi connectivity index (χ0n) is 22.8. The molecule has 1 saturated heterocycles. The number of rotatable bonds is 7. The maximum atomic E-state index is 13.2. The van der Waals surface area contributed by atoms with E-state index in [1.807, 2.05) is 0 Å². The van der Waals surface area contributed by atoms with Crippen LogP contribution in [0.25, 0.3) is 22.2 Å². The number of ether oxygens (including phenoxy) is 1. The van der Waals surface area contributed by atoms with Gasteiger partial charge in [-0.05, 0) is 67.5 Å². The number of ketones is 1. The molecule has 43 heavy (non-hydrogen) atoms. The molecule has 3 fully saturated rings. The first kappa shape index (κ1) is 26.6. The number of para-hydroxylation sites is 1. The number of aromatic nitrogens is 1. The summed E-state index contributed by atoms with van der Waals surface area (Å²) in [6.07, 6.45) is 3.01. The van der Waals surface area contributed by atoms with Crippen LogP contribution >= 0.6 is 0 Å². The third kappa shape index (κ3) is 4.46. The number of carbonyl (C=O) groups excluding carboxylic acids is 4. The number of carbonyl (C=O) groups is 4. The molecule has 2 amide bonds. The lowest BCUT2D eigenvalue weighted by atomic mass is 9.81. The van der Waals surface area contributed by atoms with Crippen molar-refractivity contribution in [2.75, 3.05) is 11.5 Å². The molecule has 2 bridgehead atoms. The lowest BCUT2D eigenvalue weighted by Crippen LogP contribution is -2.32. The highest BCUT2D eigenvalue weighted by Crippen LogP contribution is 2.56. The van der Waals surface area contributed by atoms with E-state index in [-0.39, 0.29) is 40.5 Å². The second-order valence-electron chi connectivity index (χ2n) is 11.3. The predicted octanol–water partition coefficient (Wildman–Crippen LogP) is 5.39. The van der Waals surface area contributed by atoms with Gasteiger partial charge in [0.25, 0.3) is 5.69 Å². The van der Waals surface area contributed by atoms with Crippen LogP contribution in [-0.4, -0.2) is 40.1 Å². The third-order valence-electron chi connectivity index (χ3n) is 9.02. The van der Waals surface area contributed by atoms with Crippen LogP contribution in [0, 0.1) is 33.8 Å². The molecule has 1 aromatic heterocycles. The number of amides is 2. The average Bonchev–Trinajstić information content (AvgIpc) is 3.72. The molecular formula is C33H25N3O7. The van der Waals surface area contributed by atoms with E-state index in [0.717, 1.165) is 19.3 Å². The summed E-state index contributed by atoms with van der Waals surface area (Å²) in [7, 11) is 0. The SMILES string of the molecule is O=C(COC(=O)c1cc(-c2ccc(N3C(=O)[C@@H]4[C@@H]5CC[C@@H](C5)[C@@H]4C3=O)cc2)nc2ccccc12)c1ccc([N+](=O)[O-])cc1. The molecule has 3 aliphatic rings. The van der Waals surface area contributed by atoms with Crippen molar-refractivity contribution in [1.82, 2.24) is 4.98 Å². The molecule has 4 aromatic rings. The molecule has 3 aromatic carbocycles. The van der Waals surface area contributed by atoms with Gasteiger partial charge in [0.05, 0.1) is 39.2 Å². The number of nitrogens with zero attached hydrogens (tertiary/aromatic N) is 3. The Labute approximate surface area is 245 Å². The van der Waals surface area contributed by atoms with Gasteiger partial charge in [-0.25, -0.2) is 9.78 Å². The van der Waals surface area contributed by atoms with Crippen molar-refractivity contribution in [3.8, 4) is 11.3 Å². The standard InChI is InChI=1S/C33H25N3O7/c37-28(19-9-13-23(14-10-19)36(41)42)17-43-33(40)25-16-27(34-26-4-2-1-3-24(25)26)18-7-11-22(12-8-18)35-31(38)29-20-5-6-21(15-20)30(29)32(35)39/h1-4,7-14,16,20-21,29-30H,5-6,15,17H2/t20-,21+,29-,30+. The quantitative estimate of drug-likeness (QED) is 0.0941. The number of nitro benzene ring substituents is 1. The number of hydrogen-bond acceptors (Lipinski definition) is 8. The van der Waals surface area contributed by atoms with Crippen LogP contribution in [0.15, 0.2) is 78.9 Å². The van der Waals surface area contributed by atoms with E-state index in [4.69, 9.17) is 9.72 Å². The summed E-state index contributed by atoms with van der Waals surface area (Å²) in [5.41, 5.74) is 2.48. The van der Waals surface area contributed by atoms with Gasteiger partial charge in [-0.3, -0.25) is 29.4 Å². The number of fused-ring (bicyclic) bond motifs is 6. The van der Waals surface area contributed by atoms with Gasteiger partial charge in [0.2, 0.25) is 11.8 Å². The summed E-state index contributed by atoms with van der Waals surface area (Å²) in [6, 6.07) is 20.7. The van der Waals surface area contributed by atoms with E-state index in [1.165, 1.54) is 29.2 Å². The van der Waals surface area contributed by atoms with E-state index in [1.54, 1.807) is 54.6 Å². The first-order chi connectivity index (χ1) is 20.8.